The highest BCUT2D eigenvalue weighted by atomic mass is 16.8. The lowest BCUT2D eigenvalue weighted by Crippen LogP contribution is -2.39. The van der Waals surface area contributed by atoms with Crippen LogP contribution in [0.15, 0.2) is 0 Å². The van der Waals surface area contributed by atoms with E-state index in [1.165, 1.54) is 0 Å². The van der Waals surface area contributed by atoms with Crippen molar-refractivity contribution in [2.75, 3.05) is 33.0 Å². The molecule has 0 heterocycles. The maximum Gasteiger partial charge on any atom is 0.348 e. The molecule has 0 rings (SSSR count). The number of rotatable bonds is 8. The third-order valence-electron chi connectivity index (χ3n) is 1.20. The second-order valence-corrected chi connectivity index (χ2v) is 2.73. The van der Waals surface area contributed by atoms with Crippen LogP contribution in [0.25, 0.3) is 0 Å². The van der Waals surface area contributed by atoms with Gasteiger partial charge in [-0.1, -0.05) is 0 Å². The maximum atomic E-state index is 10.4. The number of carbonyl (C=O) groups is 1. The predicted molar refractivity (Wildman–Crippen MR) is 47.7 cm³/mol. The van der Waals surface area contributed by atoms with E-state index in [4.69, 9.17) is 24.8 Å². The molecule has 0 aromatic carbocycles. The number of hydrogen-bond donors (Lipinski definition) is 3. The van der Waals surface area contributed by atoms with E-state index in [1.807, 2.05) is 0 Å². The minimum atomic E-state index is -2.61. The zero-order valence-electron chi connectivity index (χ0n) is 8.51. The lowest BCUT2D eigenvalue weighted by molar-refractivity contribution is -0.336. The van der Waals surface area contributed by atoms with Gasteiger partial charge in [0.25, 0.3) is 0 Å². The van der Waals surface area contributed by atoms with Crippen molar-refractivity contribution in [3.05, 3.63) is 0 Å². The Hall–Kier alpha value is -0.730. The van der Waals surface area contributed by atoms with Gasteiger partial charge in [0.1, 0.15) is 6.61 Å². The summed E-state index contributed by atoms with van der Waals surface area (Å²) in [5, 5.41) is 26.3. The Morgan fingerprint density at radius 3 is 2.33 bits per heavy atom. The number of ether oxygens (including phenoxy) is 3. The molecular formula is C8H16O7. The molecule has 0 aromatic heterocycles. The van der Waals surface area contributed by atoms with Crippen molar-refractivity contribution >= 4 is 5.97 Å². The predicted octanol–water partition coefficient (Wildman–Crippen LogP) is -1.79. The molecule has 0 atom stereocenters. The van der Waals surface area contributed by atoms with E-state index in [2.05, 4.69) is 4.74 Å². The van der Waals surface area contributed by atoms with E-state index in [0.29, 0.717) is 0 Å². The molecule has 0 amide bonds. The molecule has 7 heteroatoms. The Morgan fingerprint density at radius 2 is 1.80 bits per heavy atom. The quantitative estimate of drug-likeness (QED) is 0.254. The van der Waals surface area contributed by atoms with Crippen molar-refractivity contribution in [2.24, 2.45) is 0 Å². The van der Waals surface area contributed by atoms with Gasteiger partial charge in [-0.2, -0.15) is 0 Å². The van der Waals surface area contributed by atoms with Gasteiger partial charge in [0, 0.05) is 6.92 Å². The van der Waals surface area contributed by atoms with E-state index in [1.54, 1.807) is 0 Å². The van der Waals surface area contributed by atoms with E-state index < -0.39 is 18.5 Å². The standard InChI is InChI=1S/C8H16O7/c1-7(10)15-8(11,12)6-14-5-4-13-3-2-9/h9,11-12H,2-6H2,1H3. The molecule has 0 aliphatic heterocycles. The van der Waals surface area contributed by atoms with Gasteiger partial charge in [-0.25, -0.2) is 0 Å². The molecule has 0 spiro atoms. The molecule has 7 nitrogen and oxygen atoms in total. The lowest BCUT2D eigenvalue weighted by Gasteiger charge is -2.20. The number of aliphatic hydroxyl groups excluding tert-OH is 1. The molecule has 15 heavy (non-hydrogen) atoms. The molecule has 0 aliphatic carbocycles. The van der Waals surface area contributed by atoms with Gasteiger partial charge < -0.3 is 29.5 Å². The van der Waals surface area contributed by atoms with Crippen molar-refractivity contribution in [3.8, 4) is 0 Å². The van der Waals surface area contributed by atoms with Crippen LogP contribution in [-0.4, -0.2) is 60.3 Å². The highest BCUT2D eigenvalue weighted by molar-refractivity contribution is 5.66. The molecule has 0 bridgehead atoms. The monoisotopic (exact) mass is 224 g/mol. The summed E-state index contributed by atoms with van der Waals surface area (Å²) >= 11 is 0. The second kappa shape index (κ2) is 7.55. The maximum absolute atomic E-state index is 10.4. The fourth-order valence-corrected chi connectivity index (χ4v) is 0.749. The van der Waals surface area contributed by atoms with E-state index >= 15 is 0 Å². The van der Waals surface area contributed by atoms with Crippen LogP contribution in [0.2, 0.25) is 0 Å². The number of aliphatic hydroxyl groups is 3. The van der Waals surface area contributed by atoms with Crippen LogP contribution in [-0.2, 0) is 19.0 Å². The molecule has 3 N–H and O–H groups in total. The fraction of sp³-hybridized carbons (Fsp3) is 0.875. The number of carbonyl (C=O) groups excluding carboxylic acids is 1. The van der Waals surface area contributed by atoms with Gasteiger partial charge in [-0.05, 0) is 0 Å². The van der Waals surface area contributed by atoms with E-state index in [-0.39, 0.29) is 26.4 Å². The first kappa shape index (κ1) is 14.3. The van der Waals surface area contributed by atoms with Gasteiger partial charge in [0.15, 0.2) is 0 Å². The van der Waals surface area contributed by atoms with Crippen LogP contribution in [0.3, 0.4) is 0 Å². The fourth-order valence-electron chi connectivity index (χ4n) is 0.749. The van der Waals surface area contributed by atoms with Crippen LogP contribution in [0.4, 0.5) is 0 Å². The Morgan fingerprint density at radius 1 is 1.20 bits per heavy atom. The summed E-state index contributed by atoms with van der Waals surface area (Å²) in [6.45, 7) is 0.898. The summed E-state index contributed by atoms with van der Waals surface area (Å²) in [4.78, 5) is 10.4. The summed E-state index contributed by atoms with van der Waals surface area (Å²) in [6.07, 6.45) is 0. The first-order chi connectivity index (χ1) is 6.98. The molecule has 0 saturated heterocycles. The minimum Gasteiger partial charge on any atom is -0.406 e. The van der Waals surface area contributed by atoms with Crippen molar-refractivity contribution in [2.45, 2.75) is 12.9 Å². The molecule has 0 radical (unpaired) electrons. The summed E-state index contributed by atoms with van der Waals surface area (Å²) in [7, 11) is 0. The Kier molecular flexibility index (Phi) is 7.18. The Bertz CT molecular complexity index is 180. The topological polar surface area (TPSA) is 105 Å². The smallest absolute Gasteiger partial charge is 0.348 e. The Balaban J connectivity index is 3.44. The van der Waals surface area contributed by atoms with E-state index in [0.717, 1.165) is 6.92 Å². The summed E-state index contributed by atoms with van der Waals surface area (Å²) in [6, 6.07) is 0. The van der Waals surface area contributed by atoms with Gasteiger partial charge >= 0.3 is 11.9 Å². The van der Waals surface area contributed by atoms with Crippen LogP contribution in [0.5, 0.6) is 0 Å². The normalized spacial score (nSPS) is 11.5. The third kappa shape index (κ3) is 9.57. The van der Waals surface area contributed by atoms with Gasteiger partial charge in [-0.3, -0.25) is 4.79 Å². The minimum absolute atomic E-state index is 0.0859. The summed E-state index contributed by atoms with van der Waals surface area (Å²) in [5.74, 6) is -3.43. The van der Waals surface area contributed by atoms with Crippen LogP contribution in [0.1, 0.15) is 6.92 Å². The van der Waals surface area contributed by atoms with Crippen molar-refractivity contribution in [1.29, 1.82) is 0 Å². The summed E-state index contributed by atoms with van der Waals surface area (Å²) < 4.78 is 13.7. The average Bonchev–Trinajstić information content (AvgIpc) is 2.08. The third-order valence-corrected chi connectivity index (χ3v) is 1.20. The number of esters is 1. The second-order valence-electron chi connectivity index (χ2n) is 2.73. The van der Waals surface area contributed by atoms with Gasteiger partial charge in [0.2, 0.25) is 0 Å². The van der Waals surface area contributed by atoms with Crippen LogP contribution >= 0.6 is 0 Å². The van der Waals surface area contributed by atoms with Gasteiger partial charge in [-0.15, -0.1) is 0 Å². The molecule has 0 unspecified atom stereocenters. The highest BCUT2D eigenvalue weighted by Gasteiger charge is 2.27. The largest absolute Gasteiger partial charge is 0.406 e. The zero-order valence-corrected chi connectivity index (χ0v) is 8.51. The number of hydrogen-bond acceptors (Lipinski definition) is 7. The molecule has 0 fully saturated rings. The molecule has 0 aliphatic rings. The first-order valence-electron chi connectivity index (χ1n) is 4.38. The Labute approximate surface area is 87.2 Å². The zero-order chi connectivity index (χ0) is 11.7. The molecule has 0 aromatic rings. The van der Waals surface area contributed by atoms with Gasteiger partial charge in [0.05, 0.1) is 26.4 Å². The highest BCUT2D eigenvalue weighted by Crippen LogP contribution is 2.02. The molecule has 0 saturated carbocycles. The molecular weight excluding hydrogens is 208 g/mol. The van der Waals surface area contributed by atoms with Crippen LogP contribution < -0.4 is 0 Å². The average molecular weight is 224 g/mol. The first-order valence-corrected chi connectivity index (χ1v) is 4.38. The van der Waals surface area contributed by atoms with Crippen molar-refractivity contribution < 1.29 is 34.3 Å². The molecule has 90 valence electrons. The van der Waals surface area contributed by atoms with Crippen molar-refractivity contribution in [1.82, 2.24) is 0 Å². The van der Waals surface area contributed by atoms with Crippen molar-refractivity contribution in [3.63, 3.8) is 0 Å². The SMILES string of the molecule is CC(=O)OC(O)(O)COCCOCCO. The summed E-state index contributed by atoms with van der Waals surface area (Å²) in [5.41, 5.74) is 0. The van der Waals surface area contributed by atoms with Crippen LogP contribution in [0, 0.1) is 0 Å². The van der Waals surface area contributed by atoms with E-state index in [9.17, 15) is 4.79 Å². The lowest BCUT2D eigenvalue weighted by atomic mass is 10.6.